The number of piperidine rings is 2. The molecule has 3 atom stereocenters. The maximum Gasteiger partial charge on any atom is 0.414 e. The lowest BCUT2D eigenvalue weighted by atomic mass is 9.53. The van der Waals surface area contributed by atoms with Crippen LogP contribution in [0.2, 0.25) is 0 Å². The zero-order valence-electron chi connectivity index (χ0n) is 18.0. The Morgan fingerprint density at radius 1 is 1.20 bits per heavy atom. The number of carbonyl (C=O) groups excluding carboxylic acids is 1. The van der Waals surface area contributed by atoms with E-state index in [4.69, 9.17) is 9.47 Å². The molecule has 5 rings (SSSR count). The summed E-state index contributed by atoms with van der Waals surface area (Å²) in [6, 6.07) is 4.42. The molecule has 0 aromatic heterocycles. The van der Waals surface area contributed by atoms with Crippen LogP contribution in [-0.4, -0.2) is 60.8 Å². The van der Waals surface area contributed by atoms with Gasteiger partial charge in [0.05, 0.1) is 7.11 Å². The fraction of sp³-hybridized carbons (Fsp3) is 0.625. The van der Waals surface area contributed by atoms with Crippen LogP contribution in [0.5, 0.6) is 11.5 Å². The molecule has 0 saturated carbocycles. The number of phenolic OH excluding ortho intramolecular Hbond substituents is 1. The number of hydrogen-bond acceptors (Lipinski definition) is 5. The minimum absolute atomic E-state index is 0.213. The fourth-order valence-corrected chi connectivity index (χ4v) is 6.40. The maximum atomic E-state index is 12.7. The van der Waals surface area contributed by atoms with Crippen LogP contribution >= 0.6 is 0 Å². The largest absolute Gasteiger partial charge is 0.504 e. The number of benzene rings is 1. The van der Waals surface area contributed by atoms with Crippen molar-refractivity contribution in [1.82, 2.24) is 9.80 Å². The average molecular weight is 413 g/mol. The molecule has 1 aromatic rings. The minimum atomic E-state index is -0.217. The normalized spacial score (nSPS) is 30.7. The second-order valence-corrected chi connectivity index (χ2v) is 9.41. The van der Waals surface area contributed by atoms with E-state index in [0.717, 1.165) is 63.1 Å². The van der Waals surface area contributed by atoms with E-state index in [1.807, 2.05) is 11.0 Å². The van der Waals surface area contributed by atoms with Gasteiger partial charge in [-0.3, -0.25) is 0 Å². The van der Waals surface area contributed by atoms with E-state index in [2.05, 4.69) is 24.1 Å². The first-order valence-corrected chi connectivity index (χ1v) is 11.3. The number of likely N-dealkylation sites (tertiary alicyclic amines) is 2. The molecule has 162 valence electrons. The molecule has 4 aliphatic rings. The Labute approximate surface area is 178 Å². The second kappa shape index (κ2) is 7.49. The highest BCUT2D eigenvalue weighted by Crippen LogP contribution is 2.58. The van der Waals surface area contributed by atoms with Crippen LogP contribution < -0.4 is 4.74 Å². The first kappa shape index (κ1) is 19.7. The van der Waals surface area contributed by atoms with Crippen molar-refractivity contribution in [3.05, 3.63) is 35.1 Å². The van der Waals surface area contributed by atoms with Crippen LogP contribution in [0.1, 0.15) is 49.7 Å². The van der Waals surface area contributed by atoms with Gasteiger partial charge >= 0.3 is 6.09 Å². The molecular formula is C24H32N2O4. The predicted octanol–water partition coefficient (Wildman–Crippen LogP) is 3.82. The molecule has 2 saturated heterocycles. The topological polar surface area (TPSA) is 62.2 Å². The van der Waals surface area contributed by atoms with E-state index in [0.29, 0.717) is 24.1 Å². The molecule has 1 N–H and O–H groups in total. The Kier molecular flexibility index (Phi) is 4.92. The molecule has 1 amide bonds. The van der Waals surface area contributed by atoms with Gasteiger partial charge in [-0.05, 0) is 75.7 Å². The average Bonchev–Trinajstić information content (AvgIpc) is 2.76. The number of allylic oxidation sites excluding steroid dienone is 2. The Morgan fingerprint density at radius 3 is 2.77 bits per heavy atom. The lowest BCUT2D eigenvalue weighted by Crippen LogP contribution is -2.59. The van der Waals surface area contributed by atoms with Gasteiger partial charge in [0.2, 0.25) is 0 Å². The fourth-order valence-electron chi connectivity index (χ4n) is 6.40. The van der Waals surface area contributed by atoms with Crippen molar-refractivity contribution < 1.29 is 19.4 Å². The van der Waals surface area contributed by atoms with Gasteiger partial charge in [-0.2, -0.15) is 0 Å². The van der Waals surface area contributed by atoms with E-state index in [-0.39, 0.29) is 17.3 Å². The Morgan fingerprint density at radius 2 is 2.00 bits per heavy atom. The molecule has 2 aliphatic heterocycles. The smallest absolute Gasteiger partial charge is 0.414 e. The third-order valence-electron chi connectivity index (χ3n) is 7.95. The van der Waals surface area contributed by atoms with Gasteiger partial charge in [0.15, 0.2) is 11.5 Å². The maximum absolute atomic E-state index is 12.7. The van der Waals surface area contributed by atoms with E-state index in [1.54, 1.807) is 7.11 Å². The number of carbonyl (C=O) groups is 1. The van der Waals surface area contributed by atoms with Crippen LogP contribution in [0.4, 0.5) is 4.79 Å². The Hall–Kier alpha value is -2.21. The SMILES string of the molecule is COc1ccc2c(c1O)C13CCN(C)C(C2)C1CC=C(OC(=O)N1CCCCC1)C3. The predicted molar refractivity (Wildman–Crippen MR) is 114 cm³/mol. The number of nitrogens with zero attached hydrogens (tertiary/aromatic N) is 2. The zero-order valence-corrected chi connectivity index (χ0v) is 18.0. The standard InChI is InChI=1S/C24H32N2O4/c1-25-13-10-24-15-17(30-23(28)26-11-4-3-5-12-26)7-8-18(24)19(25)14-16-6-9-20(29-2)22(27)21(16)24/h6-7,9,18-19,27H,3-5,8,10-15H2,1-2H3. The molecule has 2 heterocycles. The number of methoxy groups -OCH3 is 1. The molecule has 2 bridgehead atoms. The molecule has 2 fully saturated rings. The van der Waals surface area contributed by atoms with Gasteiger partial charge < -0.3 is 24.4 Å². The van der Waals surface area contributed by atoms with Gasteiger partial charge in [-0.15, -0.1) is 0 Å². The summed E-state index contributed by atoms with van der Waals surface area (Å²) < 4.78 is 11.4. The molecule has 6 nitrogen and oxygen atoms in total. The molecule has 6 heteroatoms. The molecule has 30 heavy (non-hydrogen) atoms. The summed E-state index contributed by atoms with van der Waals surface area (Å²) >= 11 is 0. The second-order valence-electron chi connectivity index (χ2n) is 9.41. The summed E-state index contributed by atoms with van der Waals surface area (Å²) in [5.74, 6) is 1.96. The third-order valence-corrected chi connectivity index (χ3v) is 7.95. The van der Waals surface area contributed by atoms with Crippen molar-refractivity contribution in [2.45, 2.75) is 56.4 Å². The van der Waals surface area contributed by atoms with Gasteiger partial charge in [0.25, 0.3) is 0 Å². The van der Waals surface area contributed by atoms with Crippen molar-refractivity contribution in [1.29, 1.82) is 0 Å². The van der Waals surface area contributed by atoms with E-state index < -0.39 is 0 Å². The summed E-state index contributed by atoms with van der Waals surface area (Å²) in [6.07, 6.45) is 8.60. The number of rotatable bonds is 2. The van der Waals surface area contributed by atoms with E-state index in [1.165, 1.54) is 12.0 Å². The molecular weight excluding hydrogens is 380 g/mol. The molecule has 2 aliphatic carbocycles. The van der Waals surface area contributed by atoms with Crippen molar-refractivity contribution in [3.8, 4) is 11.5 Å². The lowest BCUT2D eigenvalue weighted by molar-refractivity contribution is 0.0141. The Bertz CT molecular complexity index is 876. The summed E-state index contributed by atoms with van der Waals surface area (Å²) in [6.45, 7) is 2.55. The van der Waals surface area contributed by atoms with Gasteiger partial charge in [0.1, 0.15) is 5.76 Å². The van der Waals surface area contributed by atoms with E-state index >= 15 is 0 Å². The molecule has 1 aromatic carbocycles. The van der Waals surface area contributed by atoms with Crippen LogP contribution in [-0.2, 0) is 16.6 Å². The Balaban J connectivity index is 1.50. The number of fused-ring (bicyclic) bond motifs is 1. The molecule has 0 spiro atoms. The zero-order chi connectivity index (χ0) is 20.9. The lowest BCUT2D eigenvalue weighted by Gasteiger charge is -2.57. The highest BCUT2D eigenvalue weighted by molar-refractivity contribution is 5.69. The van der Waals surface area contributed by atoms with Gasteiger partial charge in [0, 0.05) is 36.5 Å². The van der Waals surface area contributed by atoms with Crippen molar-refractivity contribution in [3.63, 3.8) is 0 Å². The number of likely N-dealkylation sites (N-methyl/N-ethyl adjacent to an activating group) is 1. The first-order valence-electron chi connectivity index (χ1n) is 11.3. The number of aromatic hydroxyl groups is 1. The first-order chi connectivity index (χ1) is 14.5. The highest BCUT2D eigenvalue weighted by Gasteiger charge is 2.55. The van der Waals surface area contributed by atoms with Crippen LogP contribution in [0.15, 0.2) is 24.0 Å². The third kappa shape index (κ3) is 2.99. The number of phenols is 1. The minimum Gasteiger partial charge on any atom is -0.504 e. The number of hydrogen-bond donors (Lipinski definition) is 1. The summed E-state index contributed by atoms with van der Waals surface area (Å²) in [7, 11) is 3.81. The monoisotopic (exact) mass is 412 g/mol. The van der Waals surface area contributed by atoms with Crippen LogP contribution in [0.25, 0.3) is 0 Å². The van der Waals surface area contributed by atoms with Crippen LogP contribution in [0.3, 0.4) is 0 Å². The summed E-state index contributed by atoms with van der Waals surface area (Å²) in [4.78, 5) is 17.0. The molecule has 0 radical (unpaired) electrons. The quantitative estimate of drug-likeness (QED) is 0.800. The summed E-state index contributed by atoms with van der Waals surface area (Å²) in [5, 5.41) is 11.1. The highest BCUT2D eigenvalue weighted by atomic mass is 16.6. The number of amides is 1. The van der Waals surface area contributed by atoms with Gasteiger partial charge in [-0.1, -0.05) is 6.07 Å². The van der Waals surface area contributed by atoms with Crippen molar-refractivity contribution in [2.24, 2.45) is 5.92 Å². The van der Waals surface area contributed by atoms with Crippen molar-refractivity contribution in [2.75, 3.05) is 33.8 Å². The van der Waals surface area contributed by atoms with Crippen molar-refractivity contribution >= 4 is 6.09 Å². The van der Waals surface area contributed by atoms with Gasteiger partial charge in [-0.25, -0.2) is 4.79 Å². The molecule has 3 unspecified atom stereocenters. The summed E-state index contributed by atoms with van der Waals surface area (Å²) in [5.41, 5.74) is 2.01. The number of ether oxygens (including phenoxy) is 2. The van der Waals surface area contributed by atoms with Crippen LogP contribution in [0, 0.1) is 5.92 Å². The van der Waals surface area contributed by atoms with E-state index in [9.17, 15) is 9.90 Å².